The Morgan fingerprint density at radius 2 is 2.00 bits per heavy atom. The minimum absolute atomic E-state index is 0.0607. The standard InChI is InChI=1S/C17H26FNO/c1-3-14(19)11-13-5-4-6-16(18)17(13)20-15-9-7-12(2)8-10-15/h4-6,12,14-15H,3,7-11,19H2,1-2H3. The first kappa shape index (κ1) is 15.3. The molecular formula is C17H26FNO. The zero-order valence-corrected chi connectivity index (χ0v) is 12.6. The molecule has 0 saturated heterocycles. The summed E-state index contributed by atoms with van der Waals surface area (Å²) in [4.78, 5) is 0. The van der Waals surface area contributed by atoms with Crippen molar-refractivity contribution in [2.45, 2.75) is 64.5 Å². The van der Waals surface area contributed by atoms with Gasteiger partial charge in [-0.15, -0.1) is 0 Å². The summed E-state index contributed by atoms with van der Waals surface area (Å²) in [6.45, 7) is 4.32. The van der Waals surface area contributed by atoms with Crippen LogP contribution in [0.15, 0.2) is 18.2 Å². The van der Waals surface area contributed by atoms with Crippen LogP contribution in [0.2, 0.25) is 0 Å². The van der Waals surface area contributed by atoms with E-state index in [2.05, 4.69) is 6.92 Å². The summed E-state index contributed by atoms with van der Waals surface area (Å²) >= 11 is 0. The van der Waals surface area contributed by atoms with Crippen molar-refractivity contribution in [1.82, 2.24) is 0 Å². The first-order valence-corrected chi connectivity index (χ1v) is 7.79. The molecule has 0 bridgehead atoms. The smallest absolute Gasteiger partial charge is 0.165 e. The molecule has 1 saturated carbocycles. The van der Waals surface area contributed by atoms with E-state index in [1.165, 1.54) is 18.9 Å². The van der Waals surface area contributed by atoms with Gasteiger partial charge in [-0.2, -0.15) is 0 Å². The van der Waals surface area contributed by atoms with E-state index in [0.29, 0.717) is 12.2 Å². The molecule has 0 heterocycles. The van der Waals surface area contributed by atoms with Gasteiger partial charge in [-0.25, -0.2) is 4.39 Å². The molecule has 1 fully saturated rings. The lowest BCUT2D eigenvalue weighted by Crippen LogP contribution is -2.25. The van der Waals surface area contributed by atoms with E-state index in [0.717, 1.165) is 30.7 Å². The zero-order chi connectivity index (χ0) is 14.5. The Morgan fingerprint density at radius 1 is 1.30 bits per heavy atom. The third kappa shape index (κ3) is 3.95. The van der Waals surface area contributed by atoms with Crippen LogP contribution in [0.4, 0.5) is 4.39 Å². The summed E-state index contributed by atoms with van der Waals surface area (Å²) in [6.07, 6.45) is 6.10. The predicted molar refractivity (Wildman–Crippen MR) is 80.4 cm³/mol. The second-order valence-electron chi connectivity index (χ2n) is 6.10. The molecule has 0 radical (unpaired) electrons. The van der Waals surface area contributed by atoms with Gasteiger partial charge in [-0.3, -0.25) is 0 Å². The van der Waals surface area contributed by atoms with Crippen molar-refractivity contribution in [3.63, 3.8) is 0 Å². The normalized spacial score (nSPS) is 24.4. The van der Waals surface area contributed by atoms with Crippen LogP contribution < -0.4 is 10.5 Å². The Kier molecular flexibility index (Phi) is 5.41. The van der Waals surface area contributed by atoms with Crippen LogP contribution >= 0.6 is 0 Å². The Labute approximate surface area is 121 Å². The molecule has 0 aromatic heterocycles. The summed E-state index contributed by atoms with van der Waals surface area (Å²) < 4.78 is 20.1. The quantitative estimate of drug-likeness (QED) is 0.882. The van der Waals surface area contributed by atoms with E-state index in [9.17, 15) is 4.39 Å². The number of para-hydroxylation sites is 1. The van der Waals surface area contributed by atoms with Gasteiger partial charge >= 0.3 is 0 Å². The summed E-state index contributed by atoms with van der Waals surface area (Å²) in [5.74, 6) is 0.934. The Bertz CT molecular complexity index is 427. The fourth-order valence-electron chi connectivity index (χ4n) is 2.79. The Hall–Kier alpha value is -1.09. The van der Waals surface area contributed by atoms with Crippen LogP contribution in [-0.2, 0) is 6.42 Å². The highest BCUT2D eigenvalue weighted by molar-refractivity contribution is 5.35. The maximum absolute atomic E-state index is 14.1. The lowest BCUT2D eigenvalue weighted by molar-refractivity contribution is 0.129. The maximum Gasteiger partial charge on any atom is 0.165 e. The number of hydrogen-bond acceptors (Lipinski definition) is 2. The van der Waals surface area contributed by atoms with E-state index in [1.54, 1.807) is 6.07 Å². The van der Waals surface area contributed by atoms with E-state index in [4.69, 9.17) is 10.5 Å². The van der Waals surface area contributed by atoms with Crippen LogP contribution in [0.25, 0.3) is 0 Å². The highest BCUT2D eigenvalue weighted by Gasteiger charge is 2.22. The molecule has 1 atom stereocenters. The average molecular weight is 279 g/mol. The zero-order valence-electron chi connectivity index (χ0n) is 12.6. The SMILES string of the molecule is CCC(N)Cc1cccc(F)c1OC1CCC(C)CC1. The first-order chi connectivity index (χ1) is 9.60. The third-order valence-corrected chi connectivity index (χ3v) is 4.30. The first-order valence-electron chi connectivity index (χ1n) is 7.79. The van der Waals surface area contributed by atoms with Crippen molar-refractivity contribution >= 4 is 0 Å². The largest absolute Gasteiger partial charge is 0.487 e. The van der Waals surface area contributed by atoms with E-state index >= 15 is 0 Å². The molecule has 2 nitrogen and oxygen atoms in total. The Balaban J connectivity index is 2.09. The number of hydrogen-bond donors (Lipinski definition) is 1. The summed E-state index contributed by atoms with van der Waals surface area (Å²) in [5, 5.41) is 0. The van der Waals surface area contributed by atoms with Crippen molar-refractivity contribution in [2.24, 2.45) is 11.7 Å². The van der Waals surface area contributed by atoms with Crippen LogP contribution in [0.1, 0.15) is 51.5 Å². The van der Waals surface area contributed by atoms with Crippen molar-refractivity contribution in [1.29, 1.82) is 0 Å². The maximum atomic E-state index is 14.1. The highest BCUT2D eigenvalue weighted by Crippen LogP contribution is 2.31. The third-order valence-electron chi connectivity index (χ3n) is 4.30. The highest BCUT2D eigenvalue weighted by atomic mass is 19.1. The average Bonchev–Trinajstić information content (AvgIpc) is 2.44. The van der Waals surface area contributed by atoms with Gasteiger partial charge in [0.2, 0.25) is 0 Å². The molecule has 0 amide bonds. The second-order valence-corrected chi connectivity index (χ2v) is 6.10. The van der Waals surface area contributed by atoms with Gasteiger partial charge in [0.1, 0.15) is 0 Å². The number of benzene rings is 1. The second kappa shape index (κ2) is 7.07. The molecule has 1 aromatic carbocycles. The van der Waals surface area contributed by atoms with Gasteiger partial charge in [0, 0.05) is 6.04 Å². The van der Waals surface area contributed by atoms with Crippen molar-refractivity contribution in [3.05, 3.63) is 29.6 Å². The van der Waals surface area contributed by atoms with E-state index in [1.807, 2.05) is 13.0 Å². The van der Waals surface area contributed by atoms with Gasteiger partial charge in [-0.05, 0) is 56.1 Å². The van der Waals surface area contributed by atoms with Crippen LogP contribution in [-0.4, -0.2) is 12.1 Å². The van der Waals surface area contributed by atoms with Gasteiger partial charge < -0.3 is 10.5 Å². The molecule has 2 N–H and O–H groups in total. The molecule has 1 aromatic rings. The Morgan fingerprint density at radius 3 is 2.65 bits per heavy atom. The number of rotatable bonds is 5. The molecular weight excluding hydrogens is 253 g/mol. The molecule has 0 aliphatic heterocycles. The molecule has 3 heteroatoms. The minimum atomic E-state index is -0.260. The minimum Gasteiger partial charge on any atom is -0.487 e. The fourth-order valence-corrected chi connectivity index (χ4v) is 2.79. The molecule has 112 valence electrons. The summed E-state index contributed by atoms with van der Waals surface area (Å²) in [7, 11) is 0. The van der Waals surface area contributed by atoms with Gasteiger partial charge in [0.25, 0.3) is 0 Å². The van der Waals surface area contributed by atoms with Gasteiger partial charge in [0.15, 0.2) is 11.6 Å². The number of nitrogens with two attached hydrogens (primary N) is 1. The molecule has 1 aliphatic carbocycles. The number of halogens is 1. The van der Waals surface area contributed by atoms with Crippen LogP contribution in [0.5, 0.6) is 5.75 Å². The lowest BCUT2D eigenvalue weighted by atomic mass is 9.89. The molecule has 0 spiro atoms. The topological polar surface area (TPSA) is 35.2 Å². The summed E-state index contributed by atoms with van der Waals surface area (Å²) in [5.41, 5.74) is 6.90. The lowest BCUT2D eigenvalue weighted by Gasteiger charge is -2.28. The van der Waals surface area contributed by atoms with E-state index in [-0.39, 0.29) is 18.0 Å². The molecule has 1 aliphatic rings. The fraction of sp³-hybridized carbons (Fsp3) is 0.647. The van der Waals surface area contributed by atoms with Crippen molar-refractivity contribution < 1.29 is 9.13 Å². The van der Waals surface area contributed by atoms with Crippen molar-refractivity contribution in [2.75, 3.05) is 0 Å². The van der Waals surface area contributed by atoms with E-state index < -0.39 is 0 Å². The number of ether oxygens (including phenoxy) is 1. The predicted octanol–water partition coefficient (Wildman–Crippen LogP) is 4.06. The monoisotopic (exact) mass is 279 g/mol. The van der Waals surface area contributed by atoms with Crippen molar-refractivity contribution in [3.8, 4) is 5.75 Å². The molecule has 2 rings (SSSR count). The van der Waals surface area contributed by atoms with Gasteiger partial charge in [-0.1, -0.05) is 26.0 Å². The van der Waals surface area contributed by atoms with Crippen LogP contribution in [0.3, 0.4) is 0 Å². The molecule has 1 unspecified atom stereocenters. The summed E-state index contributed by atoms with van der Waals surface area (Å²) in [6, 6.07) is 5.20. The van der Waals surface area contributed by atoms with Crippen LogP contribution in [0, 0.1) is 11.7 Å². The van der Waals surface area contributed by atoms with Gasteiger partial charge in [0.05, 0.1) is 6.10 Å². The molecule has 20 heavy (non-hydrogen) atoms.